The fourth-order valence-corrected chi connectivity index (χ4v) is 16.4. The molecule has 2 aliphatic heterocycles. The molecular weight excluding hydrogens is 2590 g/mol. The first-order valence-corrected chi connectivity index (χ1v) is 43.0. The van der Waals surface area contributed by atoms with E-state index in [9.17, 15) is 54.4 Å². The molecule has 0 radical (unpaired) electrons. The van der Waals surface area contributed by atoms with Crippen molar-refractivity contribution >= 4 is 24.2 Å². The van der Waals surface area contributed by atoms with Crippen molar-refractivity contribution in [3.8, 4) is 96.1 Å². The number of pyridine rings is 6. The van der Waals surface area contributed by atoms with Crippen LogP contribution in [0.2, 0.25) is 0 Å². The Morgan fingerprint density at radius 3 is 1.30 bits per heavy atom. The first-order valence-electron chi connectivity index (χ1n) is 42.6. The average molecular weight is 2660 g/mol. The number of hydrogen-bond acceptors (Lipinski definition) is 12. The van der Waals surface area contributed by atoms with Crippen LogP contribution in [0.15, 0.2) is 248 Å². The Kier molecular flexibility index (Phi) is 32.5. The van der Waals surface area contributed by atoms with E-state index in [0.29, 0.717) is 27.7 Å². The number of hydrogen-bond donors (Lipinski definition) is 0. The molecule has 10 heterocycles. The Morgan fingerprint density at radius 2 is 0.824 bits per heavy atom. The number of nitriles is 1. The smallest absolute Gasteiger partial charge is 0.779 e. The van der Waals surface area contributed by atoms with Crippen LogP contribution in [0.3, 0.4) is 0 Å². The SMILES string of the molecule is CC(C)(C)c1c(F)c2[c-]c(c1F)-c1cccc(n1)C(C)(C)c1[c-]c(ccc1)C(C)(C)c1cccc-2n1.CC(C)(c1[c-]cccc1)c1ccn(-c2[c-]c(-n3cccn3)cc(-c3c(F)c(F)c(F)c(F)c3F)c2)n1.CC(C)(c1cccc(-c2[c-]c(-c3ccccn3)c(F)c(C#N)c2F)n1)c1ccccc1[S-].O=C1c2[c-]c(ccc2)C(=O)c2cccc(n2)-c2[c-]c(c(F)c(C(F)(F)F)c2F)-c2cccc1n2.[Pt+2].[Pt+2].[Pt+2].[Pt+2]. The summed E-state index contributed by atoms with van der Waals surface area (Å²) < 4.78 is 207. The minimum absolute atomic E-state index is 0. The number of ketones is 2. The molecule has 19 rings (SSSR count). The summed E-state index contributed by atoms with van der Waals surface area (Å²) in [6, 6.07) is 82.2. The van der Waals surface area contributed by atoms with Gasteiger partial charge in [0.05, 0.1) is 69.2 Å². The molecule has 0 saturated carbocycles. The maximum Gasteiger partial charge on any atom is 2.00 e. The maximum absolute atomic E-state index is 16.0. The van der Waals surface area contributed by atoms with E-state index in [-0.39, 0.29) is 174 Å². The summed E-state index contributed by atoms with van der Waals surface area (Å²) in [6.07, 6.45) is 0.752. The van der Waals surface area contributed by atoms with E-state index in [1.54, 1.807) is 79.1 Å². The van der Waals surface area contributed by atoms with Crippen LogP contribution in [0, 0.1) is 118 Å². The number of aromatic nitrogens is 10. The van der Waals surface area contributed by atoms with Crippen LogP contribution in [0.25, 0.3) is 90.0 Å². The van der Waals surface area contributed by atoms with Gasteiger partial charge in [-0.15, -0.1) is 66.2 Å². The standard InChI is InChI=1S/C32H30F2N2.C27H17F5N4.C26H18F2N3S.C25H9F5N2O2.4Pt/c1-30(2,3)27-28(33)21-18-22(29(27)34)24-14-10-16-26(36-24)32(6,7)20-12-8-11-19(17-20)31(4,5)25-15-9-13-23(21)35-25;1-27(2,17-7-4-3-5-8-17)20-9-12-36(34-20)19-14-16(13-18(15-19)35-11-6-10-33-35)21-22(28)24(30)26(32)25(31)23(21)29;1-26(2,19-8-3-4-11-22(19)32)23-12-7-10-21(31-23)17-14-16(20-9-5-6-13-30-20)24(27)18(15-29)25(17)28;26-21-14-11-15(22(27)20(21)25(28,29)30)17-7-3-9-19(32-17)24(34)13-5-1-4-12(10-13)23(33)18-8-2-6-16(14)31-18;;;;/h8-16H,1-7H3;3-7,9-14H,1-2H3;3-13,32H,1-2H3;1-9H;;;;/q2*-2;-1;-2;4*+2/p-1. The minimum atomic E-state index is -5.40. The van der Waals surface area contributed by atoms with Crippen LogP contribution in [0.5, 0.6) is 0 Å². The monoisotopic (exact) mass is 2660 g/mol. The zero-order valence-electron chi connectivity index (χ0n) is 76.3. The molecule has 724 valence electrons. The fraction of sp³-hybridized carbons (Fsp3) is 0.155. The Bertz CT molecular complexity index is 7520. The van der Waals surface area contributed by atoms with E-state index in [1.165, 1.54) is 88.5 Å². The van der Waals surface area contributed by atoms with Crippen molar-refractivity contribution in [2.24, 2.45) is 0 Å². The molecule has 32 heteroatoms. The molecule has 0 amide bonds. The predicted molar refractivity (Wildman–Crippen MR) is 491 cm³/mol. The number of alkyl halides is 3. The summed E-state index contributed by atoms with van der Waals surface area (Å²) in [5.41, 5.74) is -1.42. The Labute approximate surface area is 871 Å². The number of benzene rings is 9. The Morgan fingerprint density at radius 1 is 0.387 bits per heavy atom. The molecule has 142 heavy (non-hydrogen) atoms. The van der Waals surface area contributed by atoms with E-state index in [4.69, 9.17) is 22.6 Å². The van der Waals surface area contributed by atoms with Crippen molar-refractivity contribution in [1.29, 1.82) is 5.26 Å². The van der Waals surface area contributed by atoms with Gasteiger partial charge in [-0.2, -0.15) is 105 Å². The maximum atomic E-state index is 16.0. The van der Waals surface area contributed by atoms with Crippen LogP contribution in [-0.2, 0) is 130 Å². The Hall–Kier alpha value is -12.9. The second-order valence-corrected chi connectivity index (χ2v) is 35.8. The van der Waals surface area contributed by atoms with Crippen molar-refractivity contribution in [3.05, 3.63) is 434 Å². The van der Waals surface area contributed by atoms with Crippen LogP contribution in [0.4, 0.5) is 61.5 Å². The number of carbonyl (C=O) groups is 2. The van der Waals surface area contributed by atoms with Gasteiger partial charge in [-0.05, 0) is 70.9 Å². The topological polar surface area (TPSA) is 171 Å². The average Bonchev–Trinajstić information content (AvgIpc) is 0.896. The summed E-state index contributed by atoms with van der Waals surface area (Å²) >= 11 is 5.49. The first kappa shape index (κ1) is 108. The molecule has 0 spiro atoms. The Balaban J connectivity index is 0.000000168. The second-order valence-electron chi connectivity index (χ2n) is 35.3. The molecule has 8 aromatic heterocycles. The van der Waals surface area contributed by atoms with Gasteiger partial charge in [0.1, 0.15) is 11.6 Å². The number of fused-ring (bicyclic) bond motifs is 20. The summed E-state index contributed by atoms with van der Waals surface area (Å²) in [6.45, 7) is 21.7. The van der Waals surface area contributed by atoms with Crippen molar-refractivity contribution in [1.82, 2.24) is 49.5 Å². The third kappa shape index (κ3) is 21.0. The molecule has 13 nitrogen and oxygen atoms in total. The van der Waals surface area contributed by atoms with Gasteiger partial charge < -0.3 is 22.2 Å². The van der Waals surface area contributed by atoms with E-state index < -0.39 is 137 Å². The van der Waals surface area contributed by atoms with Gasteiger partial charge in [-0.3, -0.25) is 65.6 Å². The summed E-state index contributed by atoms with van der Waals surface area (Å²) in [7, 11) is 0. The number of carbonyl (C=O) groups excluding carboxylic acids is 2. The van der Waals surface area contributed by atoms with Gasteiger partial charge in [-0.1, -0.05) is 223 Å². The normalized spacial score (nSPS) is 12.6. The molecule has 17 aromatic rings. The van der Waals surface area contributed by atoms with Gasteiger partial charge in [0.15, 0.2) is 23.3 Å². The third-order valence-corrected chi connectivity index (χ3v) is 24.2. The predicted octanol–water partition coefficient (Wildman–Crippen LogP) is 25.8. The van der Waals surface area contributed by atoms with Gasteiger partial charge >= 0.3 is 90.4 Å². The molecule has 0 atom stereocenters. The molecule has 16 bridgehead atoms. The largest absolute Gasteiger partial charge is 2.00 e. The zero-order chi connectivity index (χ0) is 98.7. The second kappa shape index (κ2) is 42.7. The molecule has 0 saturated heterocycles. The molecule has 0 fully saturated rings. The van der Waals surface area contributed by atoms with Gasteiger partial charge in [-0.25, -0.2) is 22.0 Å². The molecule has 2 aliphatic rings. The van der Waals surface area contributed by atoms with Gasteiger partial charge in [0.2, 0.25) is 5.82 Å². The summed E-state index contributed by atoms with van der Waals surface area (Å²) in [5, 5.41) is 18.1. The molecule has 9 aromatic carbocycles. The van der Waals surface area contributed by atoms with E-state index in [2.05, 4.69) is 100 Å². The summed E-state index contributed by atoms with van der Waals surface area (Å²) in [4.78, 5) is 53.2. The summed E-state index contributed by atoms with van der Waals surface area (Å²) in [5.74, 6) is -18.7. The van der Waals surface area contributed by atoms with Crippen molar-refractivity contribution in [3.63, 3.8) is 0 Å². The van der Waals surface area contributed by atoms with E-state index in [1.807, 2.05) is 139 Å². The quantitative estimate of drug-likeness (QED) is 0.0441. The van der Waals surface area contributed by atoms with Crippen molar-refractivity contribution in [2.75, 3.05) is 0 Å². The van der Waals surface area contributed by atoms with E-state index >= 15 is 22.0 Å². The minimum Gasteiger partial charge on any atom is -0.779 e. The number of nitrogens with zero attached hydrogens (tertiary/aromatic N) is 11. The molecule has 0 N–H and O–H groups in total. The number of rotatable bonds is 9. The van der Waals surface area contributed by atoms with Crippen LogP contribution in [-0.4, -0.2) is 61.0 Å². The molecular formula is C110H73F14N11O2Pt4S. The molecule has 0 unspecified atom stereocenters. The fourth-order valence-electron chi connectivity index (χ4n) is 16.0. The zero-order valence-corrected chi connectivity index (χ0v) is 86.2. The van der Waals surface area contributed by atoms with Crippen LogP contribution < -0.4 is 0 Å². The number of halogens is 14. The molecule has 0 aliphatic carbocycles. The van der Waals surface area contributed by atoms with Gasteiger partial charge in [0, 0.05) is 103 Å². The van der Waals surface area contributed by atoms with Crippen LogP contribution >= 0.6 is 0 Å². The first-order chi connectivity index (χ1) is 65.5. The van der Waals surface area contributed by atoms with Gasteiger partial charge in [0.25, 0.3) is 0 Å². The van der Waals surface area contributed by atoms with Crippen LogP contribution in [0.1, 0.15) is 170 Å². The third-order valence-electron chi connectivity index (χ3n) is 23.8. The van der Waals surface area contributed by atoms with Crippen molar-refractivity contribution in [2.45, 2.75) is 114 Å². The van der Waals surface area contributed by atoms with Crippen molar-refractivity contribution < 1.29 is 155 Å². The van der Waals surface area contributed by atoms with E-state index in [0.717, 1.165) is 33.6 Å².